The number of nitrogens with one attached hydrogen (secondary N) is 2. The minimum Gasteiger partial charge on any atom is -0.389 e. The summed E-state index contributed by atoms with van der Waals surface area (Å²) in [5, 5.41) is 27.2. The monoisotopic (exact) mass is 401 g/mol. The molecule has 1 aromatic carbocycles. The van der Waals surface area contributed by atoms with Gasteiger partial charge in [0.1, 0.15) is 12.0 Å². The largest absolute Gasteiger partial charge is 0.389 e. The van der Waals surface area contributed by atoms with Gasteiger partial charge in [0.05, 0.1) is 17.3 Å². The lowest BCUT2D eigenvalue weighted by Gasteiger charge is -2.36. The molecule has 0 amide bonds. The van der Waals surface area contributed by atoms with E-state index >= 15 is 0 Å². The maximum absolute atomic E-state index is 9.94. The smallest absolute Gasteiger partial charge is 0.135 e. The number of nitrogens with zero attached hydrogens (tertiary/aromatic N) is 2. The van der Waals surface area contributed by atoms with Crippen LogP contribution in [0.2, 0.25) is 0 Å². The Morgan fingerprint density at radius 2 is 1.97 bits per heavy atom. The van der Waals surface area contributed by atoms with Crippen LogP contribution < -0.4 is 21.3 Å². The predicted molar refractivity (Wildman–Crippen MR) is 118 cm³/mol. The van der Waals surface area contributed by atoms with Crippen LogP contribution in [-0.2, 0) is 0 Å². The van der Waals surface area contributed by atoms with Crippen molar-refractivity contribution in [2.24, 2.45) is 5.73 Å². The molecular weight excluding hydrogens is 366 g/mol. The normalized spacial score (nSPS) is 18.2. The van der Waals surface area contributed by atoms with Crippen molar-refractivity contribution in [2.75, 3.05) is 24.5 Å². The summed E-state index contributed by atoms with van der Waals surface area (Å²) >= 11 is 0. The number of rotatable bonds is 7. The summed E-state index contributed by atoms with van der Waals surface area (Å²) in [6.07, 6.45) is 0.737. The number of nitrogens with two attached hydrogens (primary N) is 1. The average molecular weight is 402 g/mol. The molecule has 0 bridgehead atoms. The number of hydrogen-bond acceptors (Lipinski definition) is 7. The number of aromatic nitrogens is 1. The molecule has 2 atom stereocenters. The highest BCUT2D eigenvalue weighted by atomic mass is 16.3. The zero-order chi connectivity index (χ0) is 21.2. The second-order valence-corrected chi connectivity index (χ2v) is 8.87. The van der Waals surface area contributed by atoms with Crippen LogP contribution in [0.15, 0.2) is 24.3 Å². The summed E-state index contributed by atoms with van der Waals surface area (Å²) < 4.78 is 0. The summed E-state index contributed by atoms with van der Waals surface area (Å²) in [6, 6.07) is 8.69. The number of hydrogen-bond donors (Lipinski definition) is 5. The first kappa shape index (κ1) is 21.9. The van der Waals surface area contributed by atoms with Crippen molar-refractivity contribution in [1.82, 2.24) is 15.6 Å². The van der Waals surface area contributed by atoms with Crippen LogP contribution >= 0.6 is 0 Å². The average Bonchev–Trinajstić information content (AvgIpc) is 2.64. The molecule has 2 heterocycles. The Balaban J connectivity index is 1.83. The second kappa shape index (κ2) is 8.93. The van der Waals surface area contributed by atoms with Gasteiger partial charge in [-0.2, -0.15) is 0 Å². The lowest BCUT2D eigenvalue weighted by molar-refractivity contribution is 0.0752. The van der Waals surface area contributed by atoms with E-state index in [0.717, 1.165) is 48.2 Å². The van der Waals surface area contributed by atoms with E-state index in [1.54, 1.807) is 6.92 Å². The molecule has 7 heteroatoms. The summed E-state index contributed by atoms with van der Waals surface area (Å²) in [6.45, 7) is 9.67. The highest BCUT2D eigenvalue weighted by Gasteiger charge is 2.25. The number of piperidine rings is 1. The fraction of sp³-hybridized carbons (Fsp3) is 0.591. The van der Waals surface area contributed by atoms with Gasteiger partial charge in [-0.25, -0.2) is 4.98 Å². The van der Waals surface area contributed by atoms with E-state index in [1.165, 1.54) is 5.56 Å². The Hall–Kier alpha value is -1.77. The molecule has 29 heavy (non-hydrogen) atoms. The van der Waals surface area contributed by atoms with E-state index in [0.29, 0.717) is 12.6 Å². The van der Waals surface area contributed by atoms with Crippen LogP contribution in [0.1, 0.15) is 50.9 Å². The molecule has 2 unspecified atom stereocenters. The molecule has 1 aliphatic rings. The molecule has 2 aromatic rings. The number of aliphatic hydroxyl groups excluding tert-OH is 1. The number of anilines is 1. The first-order valence-electron chi connectivity index (χ1n) is 10.4. The molecule has 160 valence electrons. The van der Waals surface area contributed by atoms with E-state index in [9.17, 15) is 10.2 Å². The van der Waals surface area contributed by atoms with Gasteiger partial charge in [0.2, 0.25) is 0 Å². The molecule has 0 saturated carbocycles. The van der Waals surface area contributed by atoms with Gasteiger partial charge in [-0.3, -0.25) is 5.32 Å². The van der Waals surface area contributed by atoms with E-state index < -0.39 is 18.0 Å². The van der Waals surface area contributed by atoms with Gasteiger partial charge in [-0.1, -0.05) is 11.6 Å². The Morgan fingerprint density at radius 1 is 1.28 bits per heavy atom. The van der Waals surface area contributed by atoms with Crippen molar-refractivity contribution in [3.8, 4) is 0 Å². The number of fused-ring (bicyclic) bond motifs is 1. The lowest BCUT2D eigenvalue weighted by Crippen LogP contribution is -2.47. The van der Waals surface area contributed by atoms with Crippen molar-refractivity contribution in [1.29, 1.82) is 0 Å². The van der Waals surface area contributed by atoms with Gasteiger partial charge >= 0.3 is 0 Å². The third-order valence-corrected chi connectivity index (χ3v) is 5.35. The van der Waals surface area contributed by atoms with Crippen molar-refractivity contribution >= 4 is 16.7 Å². The second-order valence-electron chi connectivity index (χ2n) is 8.87. The fourth-order valence-electron chi connectivity index (χ4n) is 3.82. The zero-order valence-electron chi connectivity index (χ0n) is 17.9. The van der Waals surface area contributed by atoms with Gasteiger partial charge in [0.15, 0.2) is 0 Å². The molecule has 0 radical (unpaired) electrons. The topological polar surface area (TPSA) is 107 Å². The highest BCUT2D eigenvalue weighted by molar-refractivity contribution is 5.82. The van der Waals surface area contributed by atoms with Gasteiger partial charge in [-0.05, 0) is 58.7 Å². The van der Waals surface area contributed by atoms with Gasteiger partial charge in [0.25, 0.3) is 0 Å². The molecule has 1 aromatic heterocycles. The maximum Gasteiger partial charge on any atom is 0.135 e. The maximum atomic E-state index is 9.94. The number of aryl methyl sites for hydroxylation is 1. The first-order chi connectivity index (χ1) is 13.6. The Bertz CT molecular complexity index is 826. The molecule has 1 fully saturated rings. The molecule has 3 rings (SSSR count). The summed E-state index contributed by atoms with van der Waals surface area (Å²) in [4.78, 5) is 7.22. The molecule has 0 spiro atoms. The van der Waals surface area contributed by atoms with Crippen LogP contribution in [0.5, 0.6) is 0 Å². The van der Waals surface area contributed by atoms with Crippen molar-refractivity contribution < 1.29 is 10.2 Å². The predicted octanol–water partition coefficient (Wildman–Crippen LogP) is 1.76. The third kappa shape index (κ3) is 5.87. The van der Waals surface area contributed by atoms with Crippen molar-refractivity contribution in [3.63, 3.8) is 0 Å². The summed E-state index contributed by atoms with van der Waals surface area (Å²) in [7, 11) is 0. The minimum absolute atomic E-state index is 0.383. The first-order valence-corrected chi connectivity index (χ1v) is 10.4. The minimum atomic E-state index is -0.707. The number of aliphatic hydroxyl groups is 2. The third-order valence-electron chi connectivity index (χ3n) is 5.35. The van der Waals surface area contributed by atoms with E-state index in [2.05, 4.69) is 40.7 Å². The number of pyridine rings is 1. The summed E-state index contributed by atoms with van der Waals surface area (Å²) in [5.41, 5.74) is 8.69. The number of benzene rings is 1. The SMILES string of the molecule is Cc1ccc2nc(N3CCC(NCC(C)(C)O)CC3)c(C(N)NC(C)O)cc2c1. The van der Waals surface area contributed by atoms with Gasteiger partial charge < -0.3 is 26.2 Å². The molecule has 0 aliphatic carbocycles. The quantitative estimate of drug-likeness (QED) is 0.450. The Morgan fingerprint density at radius 3 is 2.59 bits per heavy atom. The Labute approximate surface area is 173 Å². The van der Waals surface area contributed by atoms with Crippen LogP contribution in [-0.4, -0.2) is 52.7 Å². The molecular formula is C22H35N5O2. The van der Waals surface area contributed by atoms with Crippen LogP contribution in [0.4, 0.5) is 5.82 Å². The van der Waals surface area contributed by atoms with E-state index in [1.807, 2.05) is 19.9 Å². The zero-order valence-corrected chi connectivity index (χ0v) is 17.9. The van der Waals surface area contributed by atoms with Crippen LogP contribution in [0.25, 0.3) is 10.9 Å². The van der Waals surface area contributed by atoms with Crippen molar-refractivity contribution in [2.45, 2.75) is 64.6 Å². The lowest BCUT2D eigenvalue weighted by atomic mass is 10.0. The fourth-order valence-corrected chi connectivity index (χ4v) is 3.82. The standard InChI is InChI=1S/C22H35N5O2/c1-14-5-6-19-16(11-14)12-18(20(23)25-15(2)28)21(26-19)27-9-7-17(8-10-27)24-13-22(3,4)29/h5-6,11-12,15,17,20,24-25,28-29H,7-10,13,23H2,1-4H3. The molecule has 1 saturated heterocycles. The van der Waals surface area contributed by atoms with Gasteiger partial charge in [-0.15, -0.1) is 0 Å². The molecule has 6 N–H and O–H groups in total. The molecule has 1 aliphatic heterocycles. The summed E-state index contributed by atoms with van der Waals surface area (Å²) in [5.74, 6) is 0.878. The van der Waals surface area contributed by atoms with Crippen LogP contribution in [0, 0.1) is 6.92 Å². The van der Waals surface area contributed by atoms with Gasteiger partial charge in [0, 0.05) is 36.6 Å². The van der Waals surface area contributed by atoms with E-state index in [4.69, 9.17) is 10.7 Å². The van der Waals surface area contributed by atoms with Crippen LogP contribution in [0.3, 0.4) is 0 Å². The Kier molecular flexibility index (Phi) is 6.76. The highest BCUT2D eigenvalue weighted by Crippen LogP contribution is 2.29. The molecule has 7 nitrogen and oxygen atoms in total. The van der Waals surface area contributed by atoms with Crippen molar-refractivity contribution in [3.05, 3.63) is 35.4 Å². The van der Waals surface area contributed by atoms with E-state index in [-0.39, 0.29) is 0 Å².